The Hall–Kier alpha value is -2.37. The average Bonchev–Trinajstić information content (AvgIpc) is 2.99. The minimum absolute atomic E-state index is 0.00329. The van der Waals surface area contributed by atoms with Crippen LogP contribution in [0.1, 0.15) is 49.8 Å². The van der Waals surface area contributed by atoms with Gasteiger partial charge in [0, 0.05) is 19.0 Å². The first-order valence-corrected chi connectivity index (χ1v) is 9.41. The molecule has 0 saturated carbocycles. The number of aryl methyl sites for hydroxylation is 2. The van der Waals surface area contributed by atoms with Crippen LogP contribution in [0, 0.1) is 18.3 Å². The highest BCUT2D eigenvalue weighted by atomic mass is 16.2. The molecular formula is C20H26N4O2. The van der Waals surface area contributed by atoms with Gasteiger partial charge in [-0.15, -0.1) is 0 Å². The molecule has 0 radical (unpaired) electrons. The summed E-state index contributed by atoms with van der Waals surface area (Å²) in [5.41, 5.74) is 2.77. The van der Waals surface area contributed by atoms with Crippen LogP contribution in [0.4, 0.5) is 0 Å². The number of hydrogen-bond acceptors (Lipinski definition) is 3. The first-order chi connectivity index (χ1) is 12.4. The van der Waals surface area contributed by atoms with Gasteiger partial charge in [0.15, 0.2) is 0 Å². The molecule has 2 unspecified atom stereocenters. The van der Waals surface area contributed by atoms with Gasteiger partial charge in [-0.05, 0) is 56.7 Å². The number of nitrogens with one attached hydrogen (secondary N) is 2. The fraction of sp³-hybridized carbons (Fsp3) is 0.550. The molecule has 138 valence electrons. The molecule has 2 saturated heterocycles. The Morgan fingerprint density at radius 1 is 1.27 bits per heavy atom. The molecule has 2 N–H and O–H groups in total. The number of nitrogens with zero attached hydrogens (tertiary/aromatic N) is 2. The van der Waals surface area contributed by atoms with Crippen molar-refractivity contribution in [2.75, 3.05) is 6.54 Å². The van der Waals surface area contributed by atoms with Gasteiger partial charge >= 0.3 is 0 Å². The summed E-state index contributed by atoms with van der Waals surface area (Å²) in [6.07, 6.45) is 5.19. The molecule has 3 heterocycles. The molecule has 6 heteroatoms. The third kappa shape index (κ3) is 2.59. The van der Waals surface area contributed by atoms with Gasteiger partial charge < -0.3 is 10.6 Å². The summed E-state index contributed by atoms with van der Waals surface area (Å²) >= 11 is 0. The summed E-state index contributed by atoms with van der Waals surface area (Å²) in [6, 6.07) is 4.26. The molecule has 6 nitrogen and oxygen atoms in total. The van der Waals surface area contributed by atoms with Gasteiger partial charge in [-0.3, -0.25) is 14.3 Å². The van der Waals surface area contributed by atoms with E-state index in [1.165, 1.54) is 5.56 Å². The number of piperidine rings is 2. The predicted octanol–water partition coefficient (Wildman–Crippen LogP) is 2.37. The van der Waals surface area contributed by atoms with Crippen molar-refractivity contribution < 1.29 is 9.59 Å². The normalized spacial score (nSPS) is 29.5. The summed E-state index contributed by atoms with van der Waals surface area (Å²) < 4.78 is 1.87. The van der Waals surface area contributed by atoms with E-state index in [2.05, 4.69) is 34.8 Å². The Labute approximate surface area is 153 Å². The lowest BCUT2D eigenvalue weighted by Crippen LogP contribution is -2.54. The van der Waals surface area contributed by atoms with Crippen LogP contribution in [0.25, 0.3) is 10.9 Å². The highest BCUT2D eigenvalue weighted by Crippen LogP contribution is 2.42. The number of amides is 2. The van der Waals surface area contributed by atoms with E-state index in [0.717, 1.165) is 48.7 Å². The second-order valence-electron chi connectivity index (χ2n) is 8.01. The Morgan fingerprint density at radius 2 is 2.08 bits per heavy atom. The fourth-order valence-corrected chi connectivity index (χ4v) is 4.62. The topological polar surface area (TPSA) is 76.0 Å². The van der Waals surface area contributed by atoms with Crippen LogP contribution in [0.15, 0.2) is 18.3 Å². The second kappa shape index (κ2) is 6.11. The zero-order chi connectivity index (χ0) is 18.5. The number of rotatable bonds is 2. The lowest BCUT2D eigenvalue weighted by Gasteiger charge is -2.42. The van der Waals surface area contributed by atoms with Crippen molar-refractivity contribution in [3.05, 3.63) is 29.5 Å². The minimum atomic E-state index is -0.588. The van der Waals surface area contributed by atoms with Crippen LogP contribution in [-0.2, 0) is 16.6 Å². The van der Waals surface area contributed by atoms with Crippen LogP contribution in [0.5, 0.6) is 0 Å². The Balaban J connectivity index is 1.58. The van der Waals surface area contributed by atoms with E-state index in [0.29, 0.717) is 0 Å². The summed E-state index contributed by atoms with van der Waals surface area (Å²) in [4.78, 5) is 25.3. The molecule has 0 spiro atoms. The predicted molar refractivity (Wildman–Crippen MR) is 99.4 cm³/mol. The van der Waals surface area contributed by atoms with E-state index in [9.17, 15) is 9.59 Å². The van der Waals surface area contributed by atoms with Gasteiger partial charge in [-0.25, -0.2) is 0 Å². The molecule has 1 aromatic heterocycles. The van der Waals surface area contributed by atoms with Crippen LogP contribution in [-0.4, -0.2) is 28.1 Å². The SMILES string of the molecule is Cc1cc(C2CCC([C@@]3(C)CCCNC3=O)C(=O)N2)cc2c1cnn2C. The Kier molecular flexibility index (Phi) is 4.01. The van der Waals surface area contributed by atoms with Crippen LogP contribution >= 0.6 is 0 Å². The largest absolute Gasteiger partial charge is 0.356 e. The molecule has 2 amide bonds. The van der Waals surface area contributed by atoms with E-state index >= 15 is 0 Å². The lowest BCUT2D eigenvalue weighted by molar-refractivity contribution is -0.146. The summed E-state index contributed by atoms with van der Waals surface area (Å²) in [5, 5.41) is 11.6. The molecule has 0 aliphatic carbocycles. The molecular weight excluding hydrogens is 328 g/mol. The van der Waals surface area contributed by atoms with E-state index < -0.39 is 5.41 Å². The van der Waals surface area contributed by atoms with Gasteiger partial charge in [-0.1, -0.05) is 6.07 Å². The van der Waals surface area contributed by atoms with Crippen molar-refractivity contribution in [1.29, 1.82) is 0 Å². The molecule has 1 aromatic carbocycles. The maximum absolute atomic E-state index is 12.9. The van der Waals surface area contributed by atoms with Crippen molar-refractivity contribution in [3.8, 4) is 0 Å². The number of carbonyl (C=O) groups excluding carboxylic acids is 2. The Bertz CT molecular complexity index is 887. The van der Waals surface area contributed by atoms with Gasteiger partial charge in [0.25, 0.3) is 0 Å². The molecule has 4 rings (SSSR count). The van der Waals surface area contributed by atoms with Crippen LogP contribution < -0.4 is 10.6 Å². The van der Waals surface area contributed by atoms with Crippen molar-refractivity contribution in [2.24, 2.45) is 18.4 Å². The first-order valence-electron chi connectivity index (χ1n) is 9.41. The second-order valence-corrected chi connectivity index (χ2v) is 8.01. The van der Waals surface area contributed by atoms with Gasteiger partial charge in [0.1, 0.15) is 0 Å². The summed E-state index contributed by atoms with van der Waals surface area (Å²) in [5.74, 6) is -0.223. The smallest absolute Gasteiger partial charge is 0.226 e. The maximum atomic E-state index is 12.9. The van der Waals surface area contributed by atoms with Crippen molar-refractivity contribution >= 4 is 22.7 Å². The third-order valence-electron chi connectivity index (χ3n) is 6.32. The molecule has 2 aromatic rings. The molecule has 2 aliphatic heterocycles. The highest BCUT2D eigenvalue weighted by Gasteiger charge is 2.48. The average molecular weight is 354 g/mol. The third-order valence-corrected chi connectivity index (χ3v) is 6.32. The Morgan fingerprint density at radius 3 is 2.81 bits per heavy atom. The number of hydrogen-bond donors (Lipinski definition) is 2. The molecule has 3 atom stereocenters. The summed E-state index contributed by atoms with van der Waals surface area (Å²) in [6.45, 7) is 4.74. The quantitative estimate of drug-likeness (QED) is 0.869. The molecule has 26 heavy (non-hydrogen) atoms. The zero-order valence-corrected chi connectivity index (χ0v) is 15.6. The highest BCUT2D eigenvalue weighted by molar-refractivity contribution is 5.91. The van der Waals surface area contributed by atoms with E-state index in [4.69, 9.17) is 0 Å². The number of fused-ring (bicyclic) bond motifs is 1. The fourth-order valence-electron chi connectivity index (χ4n) is 4.62. The van der Waals surface area contributed by atoms with E-state index in [1.807, 2.05) is 24.9 Å². The first kappa shape index (κ1) is 17.1. The monoisotopic (exact) mass is 354 g/mol. The minimum Gasteiger partial charge on any atom is -0.356 e. The van der Waals surface area contributed by atoms with Crippen LogP contribution in [0.3, 0.4) is 0 Å². The van der Waals surface area contributed by atoms with Gasteiger partial charge in [-0.2, -0.15) is 5.10 Å². The molecule has 0 bridgehead atoms. The van der Waals surface area contributed by atoms with E-state index in [1.54, 1.807) is 0 Å². The van der Waals surface area contributed by atoms with Crippen LogP contribution in [0.2, 0.25) is 0 Å². The molecule has 2 aliphatic rings. The van der Waals surface area contributed by atoms with Gasteiger partial charge in [0.2, 0.25) is 11.8 Å². The lowest BCUT2D eigenvalue weighted by atomic mass is 9.67. The van der Waals surface area contributed by atoms with Gasteiger partial charge in [0.05, 0.1) is 29.1 Å². The van der Waals surface area contributed by atoms with Crippen molar-refractivity contribution in [2.45, 2.75) is 45.6 Å². The van der Waals surface area contributed by atoms with Crippen molar-refractivity contribution in [1.82, 2.24) is 20.4 Å². The zero-order valence-electron chi connectivity index (χ0n) is 15.6. The number of carbonyl (C=O) groups is 2. The van der Waals surface area contributed by atoms with Crippen molar-refractivity contribution in [3.63, 3.8) is 0 Å². The standard InChI is InChI=1S/C20H26N4O2/c1-12-9-13(10-17-14(12)11-22-24(17)3)16-6-5-15(18(25)23-16)20(2)7-4-8-21-19(20)26/h9-11,15-16H,4-8H2,1-3H3,(H,21,26)(H,23,25)/t15?,16?,20-/m1/s1. The number of benzene rings is 1. The van der Waals surface area contributed by atoms with E-state index in [-0.39, 0.29) is 23.8 Å². The molecule has 2 fully saturated rings. The number of aromatic nitrogens is 2. The summed E-state index contributed by atoms with van der Waals surface area (Å²) in [7, 11) is 1.93. The maximum Gasteiger partial charge on any atom is 0.226 e.